The van der Waals surface area contributed by atoms with Crippen LogP contribution in [0, 0.1) is 5.92 Å². The summed E-state index contributed by atoms with van der Waals surface area (Å²) in [6.07, 6.45) is 3.14. The molecule has 3 rings (SSSR count). The number of ether oxygens (including phenoxy) is 1. The lowest BCUT2D eigenvalue weighted by molar-refractivity contribution is -0.129. The molecule has 146 valence electrons. The predicted molar refractivity (Wildman–Crippen MR) is 98.7 cm³/mol. The van der Waals surface area contributed by atoms with E-state index in [1.54, 1.807) is 13.8 Å². The van der Waals surface area contributed by atoms with Crippen LogP contribution in [0.1, 0.15) is 26.7 Å². The quantitative estimate of drug-likeness (QED) is 0.640. The van der Waals surface area contributed by atoms with Crippen LogP contribution >= 0.6 is 12.4 Å². The maximum Gasteiger partial charge on any atom is 0.274 e. The van der Waals surface area contributed by atoms with Gasteiger partial charge in [-0.05, 0) is 32.6 Å². The van der Waals surface area contributed by atoms with Crippen molar-refractivity contribution in [3.63, 3.8) is 0 Å². The Kier molecular flexibility index (Phi) is 5.95. The zero-order valence-electron chi connectivity index (χ0n) is 14.6. The van der Waals surface area contributed by atoms with Gasteiger partial charge in [0.2, 0.25) is 5.75 Å². The number of fused-ring (bicyclic) bond motifs is 1. The number of nitrogens with one attached hydrogen (secondary N) is 2. The maximum atomic E-state index is 12.0. The van der Waals surface area contributed by atoms with Gasteiger partial charge in [-0.2, -0.15) is 8.42 Å². The first kappa shape index (κ1) is 20.6. The number of aromatic nitrogens is 2. The van der Waals surface area contributed by atoms with E-state index in [-0.39, 0.29) is 30.8 Å². The molecule has 1 aromatic heterocycles. The van der Waals surface area contributed by atoms with Crippen LogP contribution in [0.5, 0.6) is 5.75 Å². The number of hydrogen-bond donors (Lipinski definition) is 3. The lowest BCUT2D eigenvalue weighted by Gasteiger charge is -2.37. The molecule has 1 unspecified atom stereocenters. The summed E-state index contributed by atoms with van der Waals surface area (Å²) in [5.41, 5.74) is -1.02. The van der Waals surface area contributed by atoms with Gasteiger partial charge in [-0.25, -0.2) is 19.8 Å². The molecule has 10 nitrogen and oxygen atoms in total. The molecule has 0 aromatic carbocycles. The Labute approximate surface area is 158 Å². The smallest absolute Gasteiger partial charge is 0.274 e. The second-order valence-electron chi connectivity index (χ2n) is 6.79. The number of piperidine rings is 1. The summed E-state index contributed by atoms with van der Waals surface area (Å²) in [5.74, 6) is 1.21. The predicted octanol–water partition coefficient (Wildman–Crippen LogP) is 0.0174. The summed E-state index contributed by atoms with van der Waals surface area (Å²) in [7, 11) is -3.71. The van der Waals surface area contributed by atoms with Gasteiger partial charge < -0.3 is 15.0 Å². The molecule has 2 aliphatic rings. The molecule has 4 N–H and O–H groups in total. The van der Waals surface area contributed by atoms with Gasteiger partial charge in [0, 0.05) is 19.6 Å². The highest BCUT2D eigenvalue weighted by Crippen LogP contribution is 2.39. The van der Waals surface area contributed by atoms with E-state index in [0.717, 1.165) is 19.4 Å². The minimum atomic E-state index is -3.71. The van der Waals surface area contributed by atoms with Gasteiger partial charge in [-0.15, -0.1) is 12.4 Å². The van der Waals surface area contributed by atoms with Gasteiger partial charge in [0.05, 0.1) is 0 Å². The summed E-state index contributed by atoms with van der Waals surface area (Å²) < 4.78 is 30.4. The summed E-state index contributed by atoms with van der Waals surface area (Å²) in [4.78, 5) is 22.4. The van der Waals surface area contributed by atoms with Crippen molar-refractivity contribution in [1.29, 1.82) is 0 Å². The topological polar surface area (TPSA) is 140 Å². The number of hydrogen-bond acceptors (Lipinski definition) is 7. The fraction of sp³-hybridized carbons (Fsp3) is 0.643. The minimum Gasteiger partial charge on any atom is -0.470 e. The number of nitrogens with zero attached hydrogens (tertiary/aromatic N) is 3. The Balaban J connectivity index is 0.00000243. The monoisotopic (exact) mass is 406 g/mol. The molecular weight excluding hydrogens is 384 g/mol. The standard InChI is InChI=1S/C14H22N6O4S.ClH/c1-14(2)13(21)19-11-10(24-14)12(17-8-16-11)20-5-3-4-9(7-20)6-18-25(15,22)23;/h8-9,18H,3-7H2,1-2H3,(H2,15,22,23)(H,16,17,19,21);1H. The highest BCUT2D eigenvalue weighted by molar-refractivity contribution is 7.87. The molecule has 26 heavy (non-hydrogen) atoms. The molecule has 0 aliphatic carbocycles. The van der Waals surface area contributed by atoms with Gasteiger partial charge in [-0.1, -0.05) is 0 Å². The highest BCUT2D eigenvalue weighted by atomic mass is 35.5. The maximum absolute atomic E-state index is 12.0. The lowest BCUT2D eigenvalue weighted by atomic mass is 9.98. The van der Waals surface area contributed by atoms with E-state index in [1.165, 1.54) is 6.33 Å². The van der Waals surface area contributed by atoms with Crippen LogP contribution in [0.3, 0.4) is 0 Å². The molecule has 0 bridgehead atoms. The number of anilines is 2. The van der Waals surface area contributed by atoms with E-state index >= 15 is 0 Å². The van der Waals surface area contributed by atoms with Crippen molar-refractivity contribution in [3.05, 3.63) is 6.33 Å². The number of nitrogens with two attached hydrogens (primary N) is 1. The Morgan fingerprint density at radius 2 is 2.19 bits per heavy atom. The SMILES string of the molecule is CC1(C)Oc2c(ncnc2N2CCCC(CNS(N)(=O)=O)C2)NC1=O.Cl. The zero-order chi connectivity index (χ0) is 18.2. The van der Waals surface area contributed by atoms with E-state index in [9.17, 15) is 13.2 Å². The third-order valence-electron chi connectivity index (χ3n) is 4.31. The Hall–Kier alpha value is -1.69. The molecule has 2 aliphatic heterocycles. The molecule has 3 heterocycles. The van der Waals surface area contributed by atoms with Gasteiger partial charge in [0.15, 0.2) is 17.2 Å². The minimum absolute atomic E-state index is 0. The number of carbonyl (C=O) groups is 1. The molecule has 0 spiro atoms. The van der Waals surface area contributed by atoms with Crippen molar-refractivity contribution >= 4 is 40.2 Å². The lowest BCUT2D eigenvalue weighted by Crippen LogP contribution is -2.47. The van der Waals surface area contributed by atoms with Crippen LogP contribution in [-0.2, 0) is 15.0 Å². The van der Waals surface area contributed by atoms with Crippen LogP contribution in [0.2, 0.25) is 0 Å². The second-order valence-corrected chi connectivity index (χ2v) is 8.17. The summed E-state index contributed by atoms with van der Waals surface area (Å²) in [6.45, 7) is 4.98. The molecule has 1 aromatic rings. The van der Waals surface area contributed by atoms with E-state index in [0.29, 0.717) is 23.9 Å². The van der Waals surface area contributed by atoms with Crippen molar-refractivity contribution in [1.82, 2.24) is 14.7 Å². The van der Waals surface area contributed by atoms with E-state index in [1.807, 2.05) is 4.90 Å². The van der Waals surface area contributed by atoms with Gasteiger partial charge in [0.1, 0.15) is 6.33 Å². The molecule has 1 fully saturated rings. The van der Waals surface area contributed by atoms with Crippen LogP contribution in [-0.4, -0.2) is 49.5 Å². The van der Waals surface area contributed by atoms with Crippen molar-refractivity contribution in [2.45, 2.75) is 32.3 Å². The van der Waals surface area contributed by atoms with Crippen molar-refractivity contribution in [3.8, 4) is 5.75 Å². The first-order valence-corrected chi connectivity index (χ1v) is 9.58. The van der Waals surface area contributed by atoms with Gasteiger partial charge >= 0.3 is 0 Å². The average Bonchev–Trinajstić information content (AvgIpc) is 2.53. The highest BCUT2D eigenvalue weighted by Gasteiger charge is 2.39. The second kappa shape index (κ2) is 7.51. The van der Waals surface area contributed by atoms with Crippen molar-refractivity contribution in [2.24, 2.45) is 11.1 Å². The fourth-order valence-corrected chi connectivity index (χ4v) is 3.46. The average molecular weight is 407 g/mol. The van der Waals surface area contributed by atoms with Crippen molar-refractivity contribution in [2.75, 3.05) is 29.9 Å². The largest absolute Gasteiger partial charge is 0.470 e. The van der Waals surface area contributed by atoms with Crippen LogP contribution in [0.25, 0.3) is 0 Å². The normalized spacial score (nSPS) is 21.9. The van der Waals surface area contributed by atoms with E-state index in [2.05, 4.69) is 20.0 Å². The summed E-state index contributed by atoms with van der Waals surface area (Å²) >= 11 is 0. The van der Waals surface area contributed by atoms with E-state index in [4.69, 9.17) is 9.88 Å². The number of halogens is 1. The number of rotatable bonds is 4. The van der Waals surface area contributed by atoms with Crippen molar-refractivity contribution < 1.29 is 17.9 Å². The molecule has 0 saturated carbocycles. The van der Waals surface area contributed by atoms with E-state index < -0.39 is 15.8 Å². The Bertz CT molecular complexity index is 788. The Morgan fingerprint density at radius 1 is 1.46 bits per heavy atom. The molecule has 0 radical (unpaired) electrons. The molecule has 1 saturated heterocycles. The first-order chi connectivity index (χ1) is 11.7. The first-order valence-electron chi connectivity index (χ1n) is 8.03. The van der Waals surface area contributed by atoms with Crippen LogP contribution < -0.4 is 24.8 Å². The molecule has 1 amide bonds. The molecule has 1 atom stereocenters. The third kappa shape index (κ3) is 4.53. The Morgan fingerprint density at radius 3 is 2.88 bits per heavy atom. The van der Waals surface area contributed by atoms with Crippen LogP contribution in [0.4, 0.5) is 11.6 Å². The van der Waals surface area contributed by atoms with Gasteiger partial charge in [-0.3, -0.25) is 4.79 Å². The summed E-state index contributed by atoms with van der Waals surface area (Å²) in [6, 6.07) is 0. The molecule has 12 heteroatoms. The zero-order valence-corrected chi connectivity index (χ0v) is 16.2. The third-order valence-corrected chi connectivity index (χ3v) is 4.88. The fourth-order valence-electron chi connectivity index (χ4n) is 2.99. The summed E-state index contributed by atoms with van der Waals surface area (Å²) in [5, 5.41) is 7.74. The van der Waals surface area contributed by atoms with Crippen LogP contribution in [0.15, 0.2) is 6.33 Å². The number of carbonyl (C=O) groups excluding carboxylic acids is 1. The van der Waals surface area contributed by atoms with Gasteiger partial charge in [0.25, 0.3) is 16.1 Å². The molecular formula is C14H23ClN6O4S. The number of amides is 1.